The van der Waals surface area contributed by atoms with Crippen LogP contribution in [-0.2, 0) is 23.1 Å². The molecule has 8 nitrogen and oxygen atoms in total. The van der Waals surface area contributed by atoms with Crippen LogP contribution in [0.2, 0.25) is 0 Å². The number of carbonyl (C=O) groups is 1. The Morgan fingerprint density at radius 3 is 2.55 bits per heavy atom. The molecular weight excluding hydrogens is 418 g/mol. The molecule has 1 saturated heterocycles. The molecule has 4 rings (SSSR count). The summed E-state index contributed by atoms with van der Waals surface area (Å²) >= 11 is 0. The van der Waals surface area contributed by atoms with Crippen LogP contribution in [0.3, 0.4) is 0 Å². The quantitative estimate of drug-likeness (QED) is 0.699. The zero-order valence-electron chi connectivity index (χ0n) is 17.5. The van der Waals surface area contributed by atoms with Gasteiger partial charge in [-0.05, 0) is 42.3 Å². The molecule has 1 N–H and O–H groups in total. The van der Waals surface area contributed by atoms with Crippen LogP contribution in [-0.4, -0.2) is 62.3 Å². The van der Waals surface area contributed by atoms with Crippen molar-refractivity contribution in [3.63, 3.8) is 0 Å². The fraction of sp³-hybridized carbons (Fsp3) is 0.409. The van der Waals surface area contributed by atoms with Gasteiger partial charge in [0.15, 0.2) is 11.5 Å². The molecule has 0 aromatic heterocycles. The van der Waals surface area contributed by atoms with Crippen LogP contribution in [0, 0.1) is 0 Å². The highest BCUT2D eigenvalue weighted by Crippen LogP contribution is 2.32. The average Bonchev–Trinajstić information content (AvgIpc) is 3.26. The van der Waals surface area contributed by atoms with Crippen molar-refractivity contribution in [2.24, 2.45) is 0 Å². The number of nitrogens with zero attached hydrogens (tertiary/aromatic N) is 2. The van der Waals surface area contributed by atoms with Crippen LogP contribution in [0.1, 0.15) is 28.4 Å². The average molecular weight is 446 g/mol. The Kier molecular flexibility index (Phi) is 6.45. The summed E-state index contributed by atoms with van der Waals surface area (Å²) in [7, 11) is -3.13. The Labute approximate surface area is 182 Å². The number of hydrogen-bond donors (Lipinski definition) is 1. The van der Waals surface area contributed by atoms with Gasteiger partial charge in [-0.3, -0.25) is 9.69 Å². The van der Waals surface area contributed by atoms with Gasteiger partial charge in [0.1, 0.15) is 0 Å². The van der Waals surface area contributed by atoms with Gasteiger partial charge in [-0.15, -0.1) is 0 Å². The summed E-state index contributed by atoms with van der Waals surface area (Å²) in [6.45, 7) is 5.35. The molecule has 2 aromatic carbocycles. The van der Waals surface area contributed by atoms with Crippen LogP contribution in [0.25, 0.3) is 0 Å². The summed E-state index contributed by atoms with van der Waals surface area (Å²) in [5.41, 5.74) is 2.57. The number of nitrogens with one attached hydrogen (secondary N) is 1. The van der Waals surface area contributed by atoms with Crippen LogP contribution >= 0.6 is 0 Å². The molecular formula is C22H27N3O5S. The molecule has 166 valence electrons. The van der Waals surface area contributed by atoms with Gasteiger partial charge in [0.05, 0.1) is 5.75 Å². The van der Waals surface area contributed by atoms with E-state index in [1.807, 2.05) is 36.4 Å². The van der Waals surface area contributed by atoms with Gasteiger partial charge >= 0.3 is 0 Å². The first kappa shape index (κ1) is 21.6. The third-order valence-electron chi connectivity index (χ3n) is 5.57. The highest BCUT2D eigenvalue weighted by Gasteiger charge is 2.25. The number of piperazine rings is 1. The first-order valence-electron chi connectivity index (χ1n) is 10.4. The van der Waals surface area contributed by atoms with Crippen molar-refractivity contribution in [3.8, 4) is 11.5 Å². The molecule has 0 radical (unpaired) electrons. The van der Waals surface area contributed by atoms with Gasteiger partial charge in [0, 0.05) is 44.8 Å². The van der Waals surface area contributed by atoms with E-state index < -0.39 is 10.0 Å². The molecule has 2 aromatic rings. The first-order valence-corrected chi connectivity index (χ1v) is 12.0. The normalized spacial score (nSPS) is 16.9. The largest absolute Gasteiger partial charge is 0.454 e. The number of fused-ring (bicyclic) bond motifs is 1. The van der Waals surface area contributed by atoms with Crippen molar-refractivity contribution in [2.75, 3.05) is 38.7 Å². The fourth-order valence-corrected chi connectivity index (χ4v) is 4.84. The lowest BCUT2D eigenvalue weighted by Crippen LogP contribution is -2.48. The maximum atomic E-state index is 12.6. The number of sulfonamides is 1. The van der Waals surface area contributed by atoms with E-state index in [1.54, 1.807) is 17.3 Å². The molecule has 0 spiro atoms. The van der Waals surface area contributed by atoms with E-state index in [1.165, 1.54) is 0 Å². The zero-order valence-corrected chi connectivity index (χ0v) is 18.4. The van der Waals surface area contributed by atoms with Crippen LogP contribution in [0.15, 0.2) is 42.5 Å². The maximum Gasteiger partial charge on any atom is 0.251 e. The van der Waals surface area contributed by atoms with Crippen molar-refractivity contribution in [3.05, 3.63) is 59.2 Å². The second-order valence-electron chi connectivity index (χ2n) is 7.65. The van der Waals surface area contributed by atoms with E-state index in [9.17, 15) is 13.2 Å². The molecule has 31 heavy (non-hydrogen) atoms. The fourth-order valence-electron chi connectivity index (χ4n) is 3.75. The van der Waals surface area contributed by atoms with Gasteiger partial charge in [0.2, 0.25) is 16.8 Å². The first-order chi connectivity index (χ1) is 14.9. The molecule has 0 atom stereocenters. The number of amides is 1. The number of hydrogen-bond acceptors (Lipinski definition) is 6. The van der Waals surface area contributed by atoms with Crippen molar-refractivity contribution in [2.45, 2.75) is 20.0 Å². The monoisotopic (exact) mass is 445 g/mol. The lowest BCUT2D eigenvalue weighted by molar-refractivity contribution is 0.0950. The van der Waals surface area contributed by atoms with Gasteiger partial charge in [-0.1, -0.05) is 18.2 Å². The second kappa shape index (κ2) is 9.25. The Morgan fingerprint density at radius 1 is 1.00 bits per heavy atom. The maximum absolute atomic E-state index is 12.6. The van der Waals surface area contributed by atoms with E-state index in [2.05, 4.69) is 10.2 Å². The molecule has 9 heteroatoms. The smallest absolute Gasteiger partial charge is 0.251 e. The van der Waals surface area contributed by atoms with E-state index >= 15 is 0 Å². The predicted molar refractivity (Wildman–Crippen MR) is 116 cm³/mol. The molecule has 2 heterocycles. The summed E-state index contributed by atoms with van der Waals surface area (Å²) in [5, 5.41) is 2.94. The van der Waals surface area contributed by atoms with Gasteiger partial charge in [-0.2, -0.15) is 4.31 Å². The summed E-state index contributed by atoms with van der Waals surface area (Å²) in [5.74, 6) is 1.41. The molecule has 0 unspecified atom stereocenters. The van der Waals surface area contributed by atoms with Crippen LogP contribution in [0.4, 0.5) is 0 Å². The van der Waals surface area contributed by atoms with E-state index in [4.69, 9.17) is 9.47 Å². The lowest BCUT2D eigenvalue weighted by atomic mass is 10.1. The Hall–Kier alpha value is -2.62. The number of ether oxygens (including phenoxy) is 2. The molecule has 0 saturated carbocycles. The number of benzene rings is 2. The molecule has 2 aliphatic rings. The van der Waals surface area contributed by atoms with Gasteiger partial charge in [-0.25, -0.2) is 8.42 Å². The van der Waals surface area contributed by atoms with Crippen molar-refractivity contribution in [1.29, 1.82) is 0 Å². The predicted octanol–water partition coefficient (Wildman–Crippen LogP) is 1.81. The molecule has 0 aliphatic carbocycles. The SMILES string of the molecule is CCS(=O)(=O)N1CCN(Cc2cccc(C(=O)NCc3ccc4c(c3)OCO4)c2)CC1. The number of carbonyl (C=O) groups excluding carboxylic acids is 1. The van der Waals surface area contributed by atoms with Gasteiger partial charge < -0.3 is 14.8 Å². The lowest BCUT2D eigenvalue weighted by Gasteiger charge is -2.33. The van der Waals surface area contributed by atoms with Gasteiger partial charge in [0.25, 0.3) is 5.91 Å². The van der Waals surface area contributed by atoms with E-state index in [0.29, 0.717) is 50.6 Å². The zero-order chi connectivity index (χ0) is 21.8. The summed E-state index contributed by atoms with van der Waals surface area (Å²) in [4.78, 5) is 14.8. The van der Waals surface area contributed by atoms with Crippen molar-refractivity contribution >= 4 is 15.9 Å². The summed E-state index contributed by atoms with van der Waals surface area (Å²) in [6.07, 6.45) is 0. The van der Waals surface area contributed by atoms with Crippen LogP contribution < -0.4 is 14.8 Å². The minimum atomic E-state index is -3.13. The Morgan fingerprint density at radius 2 is 1.77 bits per heavy atom. The Bertz CT molecular complexity index is 1050. The molecule has 2 aliphatic heterocycles. The van der Waals surface area contributed by atoms with Crippen molar-refractivity contribution in [1.82, 2.24) is 14.5 Å². The Balaban J connectivity index is 1.31. The van der Waals surface area contributed by atoms with Crippen molar-refractivity contribution < 1.29 is 22.7 Å². The minimum absolute atomic E-state index is 0.135. The van der Waals surface area contributed by atoms with Crippen LogP contribution in [0.5, 0.6) is 11.5 Å². The molecule has 0 bridgehead atoms. The van der Waals surface area contributed by atoms with E-state index in [0.717, 1.165) is 16.9 Å². The topological polar surface area (TPSA) is 88.2 Å². The molecule has 1 fully saturated rings. The standard InChI is InChI=1S/C22H27N3O5S/c1-2-31(27,28)25-10-8-24(9-11-25)15-18-4-3-5-19(12-18)22(26)23-14-17-6-7-20-21(13-17)30-16-29-20/h3-7,12-13H,2,8-11,14-16H2,1H3,(H,23,26). The highest BCUT2D eigenvalue weighted by atomic mass is 32.2. The highest BCUT2D eigenvalue weighted by molar-refractivity contribution is 7.89. The minimum Gasteiger partial charge on any atom is -0.454 e. The van der Waals surface area contributed by atoms with E-state index in [-0.39, 0.29) is 18.5 Å². The number of rotatable bonds is 7. The second-order valence-corrected chi connectivity index (χ2v) is 9.90. The third kappa shape index (κ3) is 5.17. The molecule has 1 amide bonds. The summed E-state index contributed by atoms with van der Waals surface area (Å²) in [6, 6.07) is 13.2. The third-order valence-corrected chi connectivity index (χ3v) is 7.46. The summed E-state index contributed by atoms with van der Waals surface area (Å²) < 4.78 is 36.3.